The molecule has 0 saturated heterocycles. The van der Waals surface area contributed by atoms with Crippen molar-refractivity contribution in [2.75, 3.05) is 14.1 Å². The SMILES string of the molecule is CN(C)[C@H]1C(O)C(C(N)=O)C(=O)[C@]2(O)C(=O)C3=C(O)c4c(O)c(CN)cc(-c5ccc(C(C)(C)C)cc5)c4C[C@@H]3C[C@H]12. The van der Waals surface area contributed by atoms with Crippen LogP contribution in [0, 0.1) is 17.8 Å². The molecule has 10 heteroatoms. The van der Waals surface area contributed by atoms with Gasteiger partial charge in [-0.25, -0.2) is 0 Å². The molecule has 0 spiro atoms. The number of benzene rings is 2. The predicted molar refractivity (Wildman–Crippen MR) is 156 cm³/mol. The quantitative estimate of drug-likeness (QED) is 0.293. The van der Waals surface area contributed by atoms with Gasteiger partial charge in [0.05, 0.1) is 11.7 Å². The van der Waals surface area contributed by atoms with Crippen LogP contribution in [0.2, 0.25) is 0 Å². The van der Waals surface area contributed by atoms with Gasteiger partial charge >= 0.3 is 0 Å². The number of phenols is 1. The molecule has 8 N–H and O–H groups in total. The number of hydrogen-bond donors (Lipinski definition) is 6. The lowest BCUT2D eigenvalue weighted by atomic mass is 9.54. The van der Waals surface area contributed by atoms with E-state index in [4.69, 9.17) is 11.5 Å². The molecule has 6 atom stereocenters. The van der Waals surface area contributed by atoms with Crippen molar-refractivity contribution in [3.8, 4) is 16.9 Å². The van der Waals surface area contributed by atoms with Gasteiger partial charge in [0.15, 0.2) is 11.4 Å². The fourth-order valence-electron chi connectivity index (χ4n) is 7.29. The van der Waals surface area contributed by atoms with Gasteiger partial charge in [0.25, 0.3) is 0 Å². The molecule has 2 unspecified atom stereocenters. The molecule has 2 saturated carbocycles. The van der Waals surface area contributed by atoms with Gasteiger partial charge in [-0.2, -0.15) is 0 Å². The highest BCUT2D eigenvalue weighted by atomic mass is 16.3. The van der Waals surface area contributed by atoms with Crippen LogP contribution in [0.3, 0.4) is 0 Å². The minimum Gasteiger partial charge on any atom is -0.507 e. The van der Waals surface area contributed by atoms with E-state index in [2.05, 4.69) is 20.8 Å². The molecule has 0 heterocycles. The van der Waals surface area contributed by atoms with Crippen LogP contribution in [-0.2, 0) is 32.8 Å². The number of likely N-dealkylation sites (N-methyl/N-ethyl adjacent to an activating group) is 1. The Balaban J connectivity index is 1.71. The summed E-state index contributed by atoms with van der Waals surface area (Å²) in [6.45, 7) is 6.30. The number of nitrogens with zero attached hydrogens (tertiary/aromatic N) is 1. The zero-order valence-corrected chi connectivity index (χ0v) is 24.5. The van der Waals surface area contributed by atoms with E-state index >= 15 is 0 Å². The molecule has 0 radical (unpaired) electrons. The molecule has 3 aliphatic carbocycles. The van der Waals surface area contributed by atoms with Gasteiger partial charge in [-0.1, -0.05) is 45.0 Å². The monoisotopic (exact) mass is 577 g/mol. The molecular weight excluding hydrogens is 538 g/mol. The van der Waals surface area contributed by atoms with Crippen LogP contribution in [0.15, 0.2) is 35.9 Å². The number of ketones is 2. The number of phenolic OH excluding ortho intramolecular Hbond substituents is 1. The first-order valence-electron chi connectivity index (χ1n) is 14.1. The topological polar surface area (TPSA) is 187 Å². The molecular formula is C32H39N3O7. The zero-order valence-electron chi connectivity index (χ0n) is 24.5. The van der Waals surface area contributed by atoms with Gasteiger partial charge in [-0.3, -0.25) is 14.4 Å². The zero-order chi connectivity index (χ0) is 31.0. The highest BCUT2D eigenvalue weighted by Gasteiger charge is 2.67. The Morgan fingerprint density at radius 1 is 1.12 bits per heavy atom. The lowest BCUT2D eigenvalue weighted by Crippen LogP contribution is -2.73. The van der Waals surface area contributed by atoms with Crippen LogP contribution in [0.1, 0.15) is 49.4 Å². The summed E-state index contributed by atoms with van der Waals surface area (Å²) < 4.78 is 0. The second-order valence-corrected chi connectivity index (χ2v) is 13.1. The summed E-state index contributed by atoms with van der Waals surface area (Å²) in [6, 6.07) is 8.82. The third kappa shape index (κ3) is 4.19. The second kappa shape index (κ2) is 10.0. The molecule has 0 bridgehead atoms. The van der Waals surface area contributed by atoms with Crippen molar-refractivity contribution in [2.45, 2.75) is 63.3 Å². The van der Waals surface area contributed by atoms with Crippen molar-refractivity contribution in [2.24, 2.45) is 29.2 Å². The van der Waals surface area contributed by atoms with E-state index in [0.717, 1.165) is 16.7 Å². The smallest absolute Gasteiger partial charge is 0.230 e. The standard InChI is InChI=1S/C32H39N3O7/c1-31(2,3)17-8-6-14(7-9-17)18-11-16(13-33)25(36)22-19(18)10-15-12-20-24(35(4)5)27(38)23(30(34)41)29(40)32(20,42)28(39)21(15)26(22)37/h6-9,11,15,20,23-24,27,36-38,42H,10,12-13,33H2,1-5H3,(H2,34,41)/t15-,20-,23?,24-,27?,32-/m1/s1. The summed E-state index contributed by atoms with van der Waals surface area (Å²) >= 11 is 0. The number of aliphatic hydroxyl groups is 3. The predicted octanol–water partition coefficient (Wildman–Crippen LogP) is 1.55. The Morgan fingerprint density at radius 3 is 2.26 bits per heavy atom. The summed E-state index contributed by atoms with van der Waals surface area (Å²) in [5.41, 5.74) is 12.2. The minimum absolute atomic E-state index is 0.0356. The van der Waals surface area contributed by atoms with Gasteiger partial charge in [-0.15, -0.1) is 0 Å². The summed E-state index contributed by atoms with van der Waals surface area (Å²) in [7, 11) is 3.24. The first-order chi connectivity index (χ1) is 19.5. The van der Waals surface area contributed by atoms with Crippen LogP contribution in [0.4, 0.5) is 0 Å². The van der Waals surface area contributed by atoms with Gasteiger partial charge in [0, 0.05) is 29.6 Å². The number of aromatic hydroxyl groups is 1. The molecule has 0 aromatic heterocycles. The Kier molecular flexibility index (Phi) is 7.13. The fourth-order valence-corrected chi connectivity index (χ4v) is 7.29. The van der Waals surface area contributed by atoms with Crippen LogP contribution < -0.4 is 11.5 Å². The Bertz CT molecular complexity index is 1520. The minimum atomic E-state index is -2.70. The maximum absolute atomic E-state index is 14.1. The van der Waals surface area contributed by atoms with Crippen molar-refractivity contribution >= 4 is 23.2 Å². The van der Waals surface area contributed by atoms with Crippen LogP contribution in [0.25, 0.3) is 16.9 Å². The number of primary amides is 1. The highest BCUT2D eigenvalue weighted by Crippen LogP contribution is 2.53. The Hall–Kier alpha value is -3.57. The number of nitrogens with two attached hydrogens (primary N) is 2. The number of carbonyl (C=O) groups excluding carboxylic acids is 3. The molecule has 0 aliphatic heterocycles. The summed E-state index contributed by atoms with van der Waals surface area (Å²) in [5, 5.41) is 45.7. The maximum Gasteiger partial charge on any atom is 0.230 e. The molecule has 2 fully saturated rings. The Labute approximate surface area is 244 Å². The lowest BCUT2D eigenvalue weighted by molar-refractivity contribution is -0.184. The van der Waals surface area contributed by atoms with Crippen molar-refractivity contribution in [3.05, 3.63) is 58.2 Å². The fraction of sp³-hybridized carbons (Fsp3) is 0.469. The molecule has 1 amide bonds. The number of rotatable bonds is 4. The highest BCUT2D eigenvalue weighted by molar-refractivity contribution is 6.25. The van der Waals surface area contributed by atoms with E-state index in [0.29, 0.717) is 11.1 Å². The third-order valence-electron chi connectivity index (χ3n) is 9.45. The van der Waals surface area contributed by atoms with Crippen molar-refractivity contribution < 1.29 is 34.8 Å². The van der Waals surface area contributed by atoms with Crippen LogP contribution >= 0.6 is 0 Å². The molecule has 2 aromatic rings. The van der Waals surface area contributed by atoms with E-state index in [-0.39, 0.29) is 41.7 Å². The number of Topliss-reactive ketones (excluding diaryl/α,β-unsaturated/α-hetero) is 2. The summed E-state index contributed by atoms with van der Waals surface area (Å²) in [5.74, 6) is -7.71. The number of carbonyl (C=O) groups is 3. The van der Waals surface area contributed by atoms with E-state index in [1.165, 1.54) is 0 Å². The largest absolute Gasteiger partial charge is 0.507 e. The van der Waals surface area contributed by atoms with Crippen molar-refractivity contribution in [1.82, 2.24) is 4.90 Å². The molecule has 5 rings (SSSR count). The molecule has 10 nitrogen and oxygen atoms in total. The van der Waals surface area contributed by atoms with E-state index < -0.39 is 58.7 Å². The summed E-state index contributed by atoms with van der Waals surface area (Å²) in [4.78, 5) is 41.4. The van der Waals surface area contributed by atoms with Crippen molar-refractivity contribution in [3.63, 3.8) is 0 Å². The summed E-state index contributed by atoms with van der Waals surface area (Å²) in [6.07, 6.45) is -1.27. The number of aliphatic hydroxyl groups excluding tert-OH is 2. The molecule has 3 aliphatic rings. The first kappa shape index (κ1) is 29.9. The van der Waals surface area contributed by atoms with Crippen LogP contribution in [-0.4, -0.2) is 74.6 Å². The number of hydrogen-bond acceptors (Lipinski definition) is 9. The molecule has 224 valence electrons. The second-order valence-electron chi connectivity index (χ2n) is 13.1. The lowest BCUT2D eigenvalue weighted by Gasteiger charge is -2.53. The number of amides is 1. The molecule has 42 heavy (non-hydrogen) atoms. The van der Waals surface area contributed by atoms with Crippen LogP contribution in [0.5, 0.6) is 5.75 Å². The molecule has 2 aromatic carbocycles. The third-order valence-corrected chi connectivity index (χ3v) is 9.45. The first-order valence-corrected chi connectivity index (χ1v) is 14.1. The normalized spacial score (nSPS) is 29.3. The van der Waals surface area contributed by atoms with Gasteiger partial charge in [-0.05, 0) is 66.6 Å². The Morgan fingerprint density at radius 2 is 1.74 bits per heavy atom. The van der Waals surface area contributed by atoms with Gasteiger partial charge in [0.2, 0.25) is 11.7 Å². The van der Waals surface area contributed by atoms with Gasteiger partial charge < -0.3 is 36.8 Å². The maximum atomic E-state index is 14.1. The van der Waals surface area contributed by atoms with E-state index in [1.54, 1.807) is 25.1 Å². The average molecular weight is 578 g/mol. The van der Waals surface area contributed by atoms with Crippen molar-refractivity contribution in [1.29, 1.82) is 0 Å². The number of fused-ring (bicyclic) bond motifs is 3. The van der Waals surface area contributed by atoms with E-state index in [1.807, 2.05) is 24.3 Å². The van der Waals surface area contributed by atoms with Gasteiger partial charge in [0.1, 0.15) is 17.4 Å². The average Bonchev–Trinajstić information content (AvgIpc) is 2.90. The van der Waals surface area contributed by atoms with E-state index in [9.17, 15) is 34.8 Å².